The number of Topliss-reactive ketones (excluding diaryl/α,β-unsaturated/α-hetero) is 3. The second-order valence-electron chi connectivity index (χ2n) is 21.5. The Morgan fingerprint density at radius 3 is 2.27 bits per heavy atom. The fraction of sp³-hybridized carbons (Fsp3) is 0.768. The number of halogens is 3. The lowest BCUT2D eigenvalue weighted by Crippen LogP contribution is -2.61. The lowest BCUT2D eigenvalue weighted by molar-refractivity contribution is -0.266. The van der Waals surface area contributed by atoms with Gasteiger partial charge < -0.3 is 53.4 Å². The van der Waals surface area contributed by atoms with E-state index >= 15 is 0 Å². The molecule has 1 amide bonds. The Labute approximate surface area is 441 Å². The van der Waals surface area contributed by atoms with Crippen molar-refractivity contribution in [3.05, 3.63) is 47.6 Å². The van der Waals surface area contributed by atoms with Crippen molar-refractivity contribution >= 4 is 29.2 Å². The number of aliphatic hydroxyl groups is 3. The van der Waals surface area contributed by atoms with Gasteiger partial charge in [-0.1, -0.05) is 71.1 Å². The Morgan fingerprint density at radius 2 is 1.59 bits per heavy atom. The minimum Gasteiger partial charge on any atom is -0.460 e. The Morgan fingerprint density at radius 1 is 0.853 bits per heavy atom. The number of ether oxygens (including phenoxy) is 7. The zero-order valence-corrected chi connectivity index (χ0v) is 45.6. The Hall–Kier alpha value is -3.66. The number of nitrogens with zero attached hydrogens (tertiary/aromatic N) is 1. The molecule has 1 aliphatic carbocycles. The molecule has 4 aliphatic rings. The number of hydrogen-bond donors (Lipinski definition) is 3. The summed E-state index contributed by atoms with van der Waals surface area (Å²) in [6, 6.07) is -1.23. The molecule has 3 heterocycles. The average Bonchev–Trinajstić information content (AvgIpc) is 3.37. The standard InChI is InChI=1S/C56H86F3NO15/c1-34-15-11-10-12-16-35(2)46(73-26-25-71-33-55(57,58)59)31-42-20-18-40(7)56(68,75-42)52(65)53(66)60-22-14-13-17-43(60)54(67)74-47(37(4)29-41-19-21-45(72-24-23-61)48(30-41)69-8)32-44(62)36(3)28-39(6)50(64)51(70-9)49(63)38(5)27-34/h10-12,15-16,28,34,36-38,40-43,45-48,50-51,61,64,68H,13-14,17-27,29-33H2,1-9H3/b12-10+,15-11+,35-16+,39-28+/t34-,36-,37-,38-,40-,41?,42+,43+,45-,46+,47?,48-,50-,51+,56-/m1/s1. The second-order valence-corrected chi connectivity index (χ2v) is 21.5. The smallest absolute Gasteiger partial charge is 0.411 e. The van der Waals surface area contributed by atoms with Crippen molar-refractivity contribution in [1.29, 1.82) is 0 Å². The summed E-state index contributed by atoms with van der Waals surface area (Å²) in [5.41, 5.74) is 0.982. The van der Waals surface area contributed by atoms with Crippen LogP contribution in [-0.4, -0.2) is 164 Å². The number of alkyl halides is 3. The van der Waals surface area contributed by atoms with Crippen LogP contribution in [0.25, 0.3) is 0 Å². The first-order chi connectivity index (χ1) is 35.4. The van der Waals surface area contributed by atoms with Gasteiger partial charge in [-0.05, 0) is 107 Å². The van der Waals surface area contributed by atoms with Crippen LogP contribution in [0.4, 0.5) is 13.2 Å². The number of allylic oxidation sites excluding steroid dienone is 6. The van der Waals surface area contributed by atoms with E-state index in [2.05, 4.69) is 0 Å². The van der Waals surface area contributed by atoms with E-state index < -0.39 is 96.5 Å². The van der Waals surface area contributed by atoms with Crippen LogP contribution < -0.4 is 0 Å². The van der Waals surface area contributed by atoms with E-state index in [4.69, 9.17) is 33.2 Å². The lowest BCUT2D eigenvalue weighted by Gasteiger charge is -2.43. The highest BCUT2D eigenvalue weighted by Crippen LogP contribution is 2.38. The fourth-order valence-corrected chi connectivity index (χ4v) is 10.8. The molecule has 3 N–H and O–H groups in total. The summed E-state index contributed by atoms with van der Waals surface area (Å²) in [4.78, 5) is 72.5. The third kappa shape index (κ3) is 19.0. The molecule has 0 spiro atoms. The first kappa shape index (κ1) is 63.9. The predicted octanol–water partition coefficient (Wildman–Crippen LogP) is 7.15. The van der Waals surface area contributed by atoms with Gasteiger partial charge in [-0.3, -0.25) is 19.2 Å². The molecule has 4 rings (SSSR count). The van der Waals surface area contributed by atoms with Crippen LogP contribution in [0.5, 0.6) is 0 Å². The molecule has 426 valence electrons. The molecule has 0 aromatic heterocycles. The largest absolute Gasteiger partial charge is 0.460 e. The Bertz CT molecular complexity index is 1990. The predicted molar refractivity (Wildman–Crippen MR) is 272 cm³/mol. The van der Waals surface area contributed by atoms with Gasteiger partial charge in [0.2, 0.25) is 5.79 Å². The number of methoxy groups -OCH3 is 2. The fourth-order valence-electron chi connectivity index (χ4n) is 10.8. The minimum absolute atomic E-state index is 0.00247. The van der Waals surface area contributed by atoms with Gasteiger partial charge in [0.15, 0.2) is 5.78 Å². The summed E-state index contributed by atoms with van der Waals surface area (Å²) >= 11 is 0. The highest BCUT2D eigenvalue weighted by molar-refractivity contribution is 6.39. The molecule has 15 atom stereocenters. The van der Waals surface area contributed by atoms with Crippen LogP contribution in [0.1, 0.15) is 126 Å². The molecule has 1 saturated carbocycles. The molecule has 2 bridgehead atoms. The van der Waals surface area contributed by atoms with Crippen LogP contribution in [0.2, 0.25) is 0 Å². The molecule has 19 heteroatoms. The molecule has 75 heavy (non-hydrogen) atoms. The Kier molecular flexibility index (Phi) is 26.0. The third-order valence-corrected chi connectivity index (χ3v) is 15.4. The summed E-state index contributed by atoms with van der Waals surface area (Å²) in [6.07, 6.45) is 4.90. The highest BCUT2D eigenvalue weighted by Gasteiger charge is 2.53. The maximum atomic E-state index is 14.5. The SMILES string of the molecule is CO[C@@H]1CC(C[C@@H](C)C2CC(=O)[C@H](C)/C=C(\C)[C@@H](O)[C@@H](OC)C(=O)[C@H](C)C[C@H](C)/C=C/C=C/C=C(\C)[C@@H](OCCOCC(F)(F)F)C[C@@H]3CC[C@@H](C)[C@@](O)(O3)C(=O)C(=O)N3CCCC[C@H]3C(=O)O2)CC[C@H]1OCCO. The summed E-state index contributed by atoms with van der Waals surface area (Å²) in [7, 11) is 2.94. The van der Waals surface area contributed by atoms with E-state index in [0.717, 1.165) is 11.3 Å². The summed E-state index contributed by atoms with van der Waals surface area (Å²) in [5, 5.41) is 33.0. The van der Waals surface area contributed by atoms with Crippen molar-refractivity contribution in [2.75, 3.05) is 53.8 Å². The minimum atomic E-state index is -4.53. The number of carbonyl (C=O) groups excluding carboxylic acids is 5. The summed E-state index contributed by atoms with van der Waals surface area (Å²) in [5.74, 6) is -8.98. The number of hydrogen-bond acceptors (Lipinski definition) is 15. The molecular weight excluding hydrogens is 984 g/mol. The van der Waals surface area contributed by atoms with Gasteiger partial charge in [0.1, 0.15) is 36.7 Å². The summed E-state index contributed by atoms with van der Waals surface area (Å²) < 4.78 is 79.0. The van der Waals surface area contributed by atoms with Gasteiger partial charge in [0.25, 0.3) is 11.7 Å². The Balaban J connectivity index is 1.71. The zero-order valence-electron chi connectivity index (χ0n) is 45.6. The maximum Gasteiger partial charge on any atom is 0.411 e. The number of carbonyl (C=O) groups is 5. The number of rotatable bonds is 13. The lowest BCUT2D eigenvalue weighted by atomic mass is 9.78. The zero-order chi connectivity index (χ0) is 55.6. The number of aliphatic hydroxyl groups excluding tert-OH is 2. The van der Waals surface area contributed by atoms with Gasteiger partial charge in [0, 0.05) is 51.4 Å². The molecule has 2 saturated heterocycles. The number of fused-ring (bicyclic) bond motifs is 3. The molecular formula is C56H86F3NO15. The van der Waals surface area contributed by atoms with Crippen LogP contribution in [0.15, 0.2) is 47.6 Å². The monoisotopic (exact) mass is 1070 g/mol. The number of esters is 1. The van der Waals surface area contributed by atoms with Crippen molar-refractivity contribution in [3.63, 3.8) is 0 Å². The molecule has 2 unspecified atom stereocenters. The van der Waals surface area contributed by atoms with E-state index in [9.17, 15) is 52.5 Å². The first-order valence-corrected chi connectivity index (χ1v) is 26.9. The van der Waals surface area contributed by atoms with Gasteiger partial charge in [-0.25, -0.2) is 4.79 Å². The van der Waals surface area contributed by atoms with Crippen LogP contribution in [0, 0.1) is 35.5 Å². The summed E-state index contributed by atoms with van der Waals surface area (Å²) in [6.45, 7) is 10.2. The number of amides is 1. The van der Waals surface area contributed by atoms with Gasteiger partial charge in [-0.15, -0.1) is 0 Å². The molecule has 0 aromatic carbocycles. The maximum absolute atomic E-state index is 14.5. The van der Waals surface area contributed by atoms with Crippen molar-refractivity contribution in [2.24, 2.45) is 35.5 Å². The molecule has 0 aromatic rings. The van der Waals surface area contributed by atoms with Crippen molar-refractivity contribution in [3.8, 4) is 0 Å². The molecule has 3 aliphatic heterocycles. The van der Waals surface area contributed by atoms with E-state index in [-0.39, 0.29) is 94.3 Å². The van der Waals surface area contributed by atoms with Gasteiger partial charge in [-0.2, -0.15) is 13.2 Å². The molecule has 16 nitrogen and oxygen atoms in total. The van der Waals surface area contributed by atoms with Crippen LogP contribution >= 0.6 is 0 Å². The molecule has 0 radical (unpaired) electrons. The van der Waals surface area contributed by atoms with Crippen molar-refractivity contribution in [1.82, 2.24) is 4.90 Å². The van der Waals surface area contributed by atoms with E-state index in [0.29, 0.717) is 56.1 Å². The van der Waals surface area contributed by atoms with E-state index in [1.807, 2.05) is 19.9 Å². The number of piperidine rings is 1. The van der Waals surface area contributed by atoms with E-state index in [1.54, 1.807) is 72.1 Å². The topological polar surface area (TPSA) is 214 Å². The van der Waals surface area contributed by atoms with Crippen LogP contribution in [0.3, 0.4) is 0 Å². The second kappa shape index (κ2) is 30.5. The number of cyclic esters (lactones) is 1. The van der Waals surface area contributed by atoms with Gasteiger partial charge >= 0.3 is 12.1 Å². The normalized spacial score (nSPS) is 36.9. The van der Waals surface area contributed by atoms with Gasteiger partial charge in [0.05, 0.1) is 50.8 Å². The number of ketones is 3. The van der Waals surface area contributed by atoms with Crippen molar-refractivity contribution < 1.29 is 85.6 Å². The average molecular weight is 1070 g/mol. The molecule has 3 fully saturated rings. The highest BCUT2D eigenvalue weighted by atomic mass is 19.4. The third-order valence-electron chi connectivity index (χ3n) is 15.4. The quantitative estimate of drug-likeness (QED) is 0.0723. The van der Waals surface area contributed by atoms with Crippen LogP contribution in [-0.2, 0) is 57.1 Å². The first-order valence-electron chi connectivity index (χ1n) is 26.9. The van der Waals surface area contributed by atoms with E-state index in [1.165, 1.54) is 7.11 Å². The van der Waals surface area contributed by atoms with Crippen molar-refractivity contribution in [2.45, 2.75) is 186 Å².